The van der Waals surface area contributed by atoms with E-state index in [0.717, 1.165) is 18.4 Å². The molecule has 1 aromatic carbocycles. The summed E-state index contributed by atoms with van der Waals surface area (Å²) in [7, 11) is 1.53. The molecule has 0 fully saturated rings. The molecule has 0 atom stereocenters. The number of nitrogens with zero attached hydrogens (tertiary/aromatic N) is 1. The lowest BCUT2D eigenvalue weighted by Gasteiger charge is -2.26. The lowest BCUT2D eigenvalue weighted by molar-refractivity contribution is -0.148. The summed E-state index contributed by atoms with van der Waals surface area (Å²) in [4.78, 5) is 34.4. The fourth-order valence-corrected chi connectivity index (χ4v) is 2.29. The molecule has 0 aliphatic heterocycles. The minimum atomic E-state index is -0.999. The molecule has 0 aliphatic rings. The number of benzene rings is 1. The van der Waals surface area contributed by atoms with E-state index in [4.69, 9.17) is 14.9 Å². The van der Waals surface area contributed by atoms with Gasteiger partial charge in [-0.3, -0.25) is 9.59 Å². The average Bonchev–Trinajstić information content (AvgIpc) is 2.60. The molecule has 0 spiro atoms. The second-order valence-corrected chi connectivity index (χ2v) is 8.02. The number of ether oxygens (including phenoxy) is 1. The molecule has 1 rings (SSSR count). The number of aliphatic carboxylic acids is 2. The number of rotatable bonds is 8. The number of amides is 1. The Bertz CT molecular complexity index is 646. The molecule has 2 N–H and O–H groups in total. The van der Waals surface area contributed by atoms with E-state index in [0.29, 0.717) is 0 Å². The molecule has 0 unspecified atom stereocenters. The Morgan fingerprint density at radius 1 is 0.966 bits per heavy atom. The third kappa shape index (κ3) is 11.3. The van der Waals surface area contributed by atoms with Gasteiger partial charge in [-0.15, -0.1) is 12.4 Å². The van der Waals surface area contributed by atoms with Crippen LogP contribution in [0.1, 0.15) is 53.0 Å². The van der Waals surface area contributed by atoms with Crippen LogP contribution in [0.25, 0.3) is 0 Å². The van der Waals surface area contributed by atoms with Gasteiger partial charge in [0.1, 0.15) is 6.61 Å². The highest BCUT2D eigenvalue weighted by molar-refractivity contribution is 5.85. The maximum absolute atomic E-state index is 11.7. The summed E-state index contributed by atoms with van der Waals surface area (Å²) < 4.78 is 5.11. The van der Waals surface area contributed by atoms with Crippen LogP contribution >= 0.6 is 12.4 Å². The molecular formula is C21H34ClNO6. The van der Waals surface area contributed by atoms with Gasteiger partial charge in [0.15, 0.2) is 0 Å². The zero-order valence-electron chi connectivity index (χ0n) is 18.1. The van der Waals surface area contributed by atoms with Crippen molar-refractivity contribution in [1.29, 1.82) is 0 Å². The van der Waals surface area contributed by atoms with Crippen LogP contribution in [0.3, 0.4) is 0 Å². The second-order valence-electron chi connectivity index (χ2n) is 8.02. The largest absolute Gasteiger partial charge is 0.481 e. The SMILES string of the molecule is CCCC(C)(C)C(=O)O.CN(CC(C)(C)C(=O)O)C(=O)OCc1ccccc1.Cl. The zero-order valence-corrected chi connectivity index (χ0v) is 18.9. The number of carbonyl (C=O) groups is 3. The van der Waals surface area contributed by atoms with Crippen LogP contribution in [0.4, 0.5) is 4.79 Å². The van der Waals surface area contributed by atoms with Crippen LogP contribution < -0.4 is 0 Å². The highest BCUT2D eigenvalue weighted by atomic mass is 35.5. The van der Waals surface area contributed by atoms with Gasteiger partial charge in [-0.1, -0.05) is 43.7 Å². The Morgan fingerprint density at radius 2 is 1.45 bits per heavy atom. The standard InChI is InChI=1S/C14H19NO4.C7H14O2.ClH/c1-14(2,12(16)17)10-15(3)13(18)19-9-11-7-5-4-6-8-11;1-4-5-7(2,3)6(8)9;/h4-8H,9-10H2,1-3H3,(H,16,17);4-5H2,1-3H3,(H,8,9);1H. The van der Waals surface area contributed by atoms with Gasteiger partial charge in [0, 0.05) is 13.6 Å². The van der Waals surface area contributed by atoms with Gasteiger partial charge < -0.3 is 19.8 Å². The molecule has 29 heavy (non-hydrogen) atoms. The van der Waals surface area contributed by atoms with Gasteiger partial charge in [-0.05, 0) is 39.7 Å². The summed E-state index contributed by atoms with van der Waals surface area (Å²) >= 11 is 0. The predicted molar refractivity (Wildman–Crippen MR) is 114 cm³/mol. The van der Waals surface area contributed by atoms with Crippen LogP contribution in [-0.2, 0) is 20.9 Å². The number of carbonyl (C=O) groups excluding carboxylic acids is 1. The van der Waals surface area contributed by atoms with Crippen LogP contribution in [0, 0.1) is 10.8 Å². The maximum Gasteiger partial charge on any atom is 0.409 e. The van der Waals surface area contributed by atoms with E-state index in [2.05, 4.69) is 0 Å². The topological polar surface area (TPSA) is 104 Å². The summed E-state index contributed by atoms with van der Waals surface area (Å²) in [6.45, 7) is 8.89. The van der Waals surface area contributed by atoms with Crippen molar-refractivity contribution in [3.05, 3.63) is 35.9 Å². The quantitative estimate of drug-likeness (QED) is 0.618. The van der Waals surface area contributed by atoms with Crippen LogP contribution in [-0.4, -0.2) is 46.7 Å². The minimum absolute atomic E-state index is 0. The molecule has 166 valence electrons. The fourth-order valence-electron chi connectivity index (χ4n) is 2.29. The fraction of sp³-hybridized carbons (Fsp3) is 0.571. The van der Waals surface area contributed by atoms with Crippen molar-refractivity contribution in [3.63, 3.8) is 0 Å². The summed E-state index contributed by atoms with van der Waals surface area (Å²) in [6.07, 6.45) is 1.15. The molecule has 0 bridgehead atoms. The molecule has 0 saturated heterocycles. The Morgan fingerprint density at radius 3 is 1.83 bits per heavy atom. The average molecular weight is 432 g/mol. The maximum atomic E-state index is 11.7. The molecule has 7 nitrogen and oxygen atoms in total. The first kappa shape index (κ1) is 28.9. The summed E-state index contributed by atoms with van der Waals surface area (Å²) in [5, 5.41) is 17.6. The lowest BCUT2D eigenvalue weighted by atomic mass is 9.88. The Labute approximate surface area is 179 Å². The number of hydrogen-bond acceptors (Lipinski definition) is 4. The molecule has 8 heteroatoms. The van der Waals surface area contributed by atoms with Crippen molar-refractivity contribution in [2.45, 2.75) is 54.1 Å². The van der Waals surface area contributed by atoms with Crippen molar-refractivity contribution in [1.82, 2.24) is 4.90 Å². The number of carboxylic acids is 2. The Kier molecular flexibility index (Phi) is 13.0. The highest BCUT2D eigenvalue weighted by Crippen LogP contribution is 2.21. The molecule has 1 amide bonds. The van der Waals surface area contributed by atoms with E-state index in [-0.39, 0.29) is 25.6 Å². The Balaban J connectivity index is 0. The summed E-state index contributed by atoms with van der Waals surface area (Å²) in [5.74, 6) is -1.65. The third-order valence-corrected chi connectivity index (χ3v) is 4.18. The molecular weight excluding hydrogens is 398 g/mol. The van der Waals surface area contributed by atoms with Gasteiger partial charge in [0.25, 0.3) is 0 Å². The normalized spacial score (nSPS) is 10.7. The van der Waals surface area contributed by atoms with Crippen molar-refractivity contribution in [2.75, 3.05) is 13.6 Å². The number of carboxylic acid groups (broad SMARTS) is 2. The summed E-state index contributed by atoms with van der Waals surface area (Å²) in [5.41, 5.74) is -0.642. The smallest absolute Gasteiger partial charge is 0.409 e. The first-order valence-electron chi connectivity index (χ1n) is 9.22. The third-order valence-electron chi connectivity index (χ3n) is 4.18. The molecule has 0 aromatic heterocycles. The van der Waals surface area contributed by atoms with E-state index in [1.54, 1.807) is 27.7 Å². The van der Waals surface area contributed by atoms with Gasteiger partial charge in [0.05, 0.1) is 10.8 Å². The summed E-state index contributed by atoms with van der Waals surface area (Å²) in [6, 6.07) is 9.32. The molecule has 0 saturated carbocycles. The van der Waals surface area contributed by atoms with Crippen molar-refractivity contribution < 1.29 is 29.3 Å². The van der Waals surface area contributed by atoms with Gasteiger partial charge in [-0.25, -0.2) is 4.79 Å². The molecule has 0 heterocycles. The lowest BCUT2D eigenvalue weighted by Crippen LogP contribution is -2.40. The van der Waals surface area contributed by atoms with Crippen LogP contribution in [0.5, 0.6) is 0 Å². The van der Waals surface area contributed by atoms with Gasteiger partial charge >= 0.3 is 18.0 Å². The van der Waals surface area contributed by atoms with E-state index < -0.39 is 28.9 Å². The van der Waals surface area contributed by atoms with E-state index in [1.807, 2.05) is 37.3 Å². The van der Waals surface area contributed by atoms with Crippen molar-refractivity contribution in [2.24, 2.45) is 10.8 Å². The molecule has 0 radical (unpaired) electrons. The monoisotopic (exact) mass is 431 g/mol. The van der Waals surface area contributed by atoms with Crippen LogP contribution in [0.2, 0.25) is 0 Å². The van der Waals surface area contributed by atoms with E-state index in [9.17, 15) is 14.4 Å². The van der Waals surface area contributed by atoms with E-state index >= 15 is 0 Å². The predicted octanol–water partition coefficient (Wildman–Crippen LogP) is 4.68. The first-order chi connectivity index (χ1) is 12.8. The van der Waals surface area contributed by atoms with Gasteiger partial charge in [-0.2, -0.15) is 0 Å². The zero-order chi connectivity index (χ0) is 22.0. The van der Waals surface area contributed by atoms with Crippen LogP contribution in [0.15, 0.2) is 30.3 Å². The number of hydrogen-bond donors (Lipinski definition) is 2. The minimum Gasteiger partial charge on any atom is -0.481 e. The number of halogens is 1. The van der Waals surface area contributed by atoms with Crippen molar-refractivity contribution in [3.8, 4) is 0 Å². The first-order valence-corrected chi connectivity index (χ1v) is 9.22. The Hall–Kier alpha value is -2.28. The second kappa shape index (κ2) is 13.0. The van der Waals surface area contributed by atoms with Crippen molar-refractivity contribution >= 4 is 30.4 Å². The van der Waals surface area contributed by atoms with E-state index in [1.165, 1.54) is 11.9 Å². The van der Waals surface area contributed by atoms with Gasteiger partial charge in [0.2, 0.25) is 0 Å². The molecule has 1 aromatic rings. The molecule has 0 aliphatic carbocycles. The highest BCUT2D eigenvalue weighted by Gasteiger charge is 2.30.